The maximum Gasteiger partial charge on any atom is 0.215 e. The third-order valence-electron chi connectivity index (χ3n) is 4.23. The van der Waals surface area contributed by atoms with Crippen LogP contribution in [0.2, 0.25) is 0 Å². The van der Waals surface area contributed by atoms with Crippen LogP contribution >= 0.6 is 24.0 Å². The second-order valence-electron chi connectivity index (χ2n) is 6.36. The number of guanidine groups is 1. The first kappa shape index (κ1) is 26.1. The van der Waals surface area contributed by atoms with E-state index < -0.39 is 10.0 Å². The second kappa shape index (κ2) is 13.3. The molecule has 1 atom stereocenters. The number of sulfonamides is 1. The van der Waals surface area contributed by atoms with E-state index >= 15 is 0 Å². The molecule has 1 rings (SSSR count). The molecule has 8 heteroatoms. The summed E-state index contributed by atoms with van der Waals surface area (Å²) in [6.07, 6.45) is 0. The third-order valence-corrected chi connectivity index (χ3v) is 6.25. The maximum absolute atomic E-state index is 12.2. The summed E-state index contributed by atoms with van der Waals surface area (Å²) in [6, 6.07) is 8.44. The lowest BCUT2D eigenvalue weighted by molar-refractivity contribution is 0.445. The minimum atomic E-state index is -3.22. The van der Waals surface area contributed by atoms with Gasteiger partial charge in [-0.15, -0.1) is 24.0 Å². The smallest absolute Gasteiger partial charge is 0.215 e. The van der Waals surface area contributed by atoms with E-state index in [0.717, 1.165) is 6.54 Å². The first-order valence-electron chi connectivity index (χ1n) is 9.40. The molecule has 0 aliphatic carbocycles. The van der Waals surface area contributed by atoms with E-state index in [1.807, 2.05) is 20.8 Å². The van der Waals surface area contributed by atoms with Gasteiger partial charge in [-0.05, 0) is 19.4 Å². The van der Waals surface area contributed by atoms with Crippen molar-refractivity contribution in [1.29, 1.82) is 0 Å². The number of halogens is 1. The van der Waals surface area contributed by atoms with Crippen LogP contribution in [0.4, 0.5) is 0 Å². The number of hydrogen-bond acceptors (Lipinski definition) is 3. The number of aliphatic imine (C=N–C) groups is 1. The normalized spacial score (nSPS) is 13.2. The fraction of sp³-hybridized carbons (Fsp3) is 0.632. The maximum atomic E-state index is 12.2. The van der Waals surface area contributed by atoms with E-state index in [1.165, 1.54) is 15.4 Å². The summed E-state index contributed by atoms with van der Waals surface area (Å²) in [4.78, 5) is 4.61. The highest BCUT2D eigenvalue weighted by Gasteiger charge is 2.18. The van der Waals surface area contributed by atoms with Gasteiger partial charge in [0.1, 0.15) is 0 Å². The van der Waals surface area contributed by atoms with Crippen molar-refractivity contribution in [3.05, 3.63) is 35.4 Å². The molecule has 27 heavy (non-hydrogen) atoms. The molecule has 0 aromatic heterocycles. The summed E-state index contributed by atoms with van der Waals surface area (Å²) in [6.45, 7) is 12.6. The first-order chi connectivity index (χ1) is 12.3. The Kier molecular flexibility index (Phi) is 12.9. The highest BCUT2D eigenvalue weighted by molar-refractivity contribution is 14.0. The van der Waals surface area contributed by atoms with E-state index in [1.54, 1.807) is 0 Å². The molecular weight excluding hydrogens is 475 g/mol. The van der Waals surface area contributed by atoms with Crippen molar-refractivity contribution in [3.63, 3.8) is 0 Å². The monoisotopic (exact) mass is 510 g/mol. The summed E-state index contributed by atoms with van der Waals surface area (Å²) >= 11 is 0. The van der Waals surface area contributed by atoms with Gasteiger partial charge in [0, 0.05) is 38.6 Å². The molecule has 0 fully saturated rings. The van der Waals surface area contributed by atoms with Crippen molar-refractivity contribution in [2.45, 2.75) is 40.5 Å². The van der Waals surface area contributed by atoms with E-state index in [0.29, 0.717) is 38.1 Å². The van der Waals surface area contributed by atoms with Gasteiger partial charge >= 0.3 is 0 Å². The Bertz CT molecular complexity index is 676. The summed E-state index contributed by atoms with van der Waals surface area (Å²) in [5.41, 5.74) is 2.50. The van der Waals surface area contributed by atoms with Crippen molar-refractivity contribution < 1.29 is 8.42 Å². The lowest BCUT2D eigenvalue weighted by Gasteiger charge is -2.19. The van der Waals surface area contributed by atoms with Crippen molar-refractivity contribution in [1.82, 2.24) is 14.9 Å². The average Bonchev–Trinajstić information content (AvgIpc) is 2.60. The second-order valence-corrected chi connectivity index (χ2v) is 8.45. The van der Waals surface area contributed by atoms with Crippen molar-refractivity contribution >= 4 is 40.0 Å². The molecule has 1 aromatic carbocycles. The van der Waals surface area contributed by atoms with Crippen molar-refractivity contribution in [2.24, 2.45) is 4.99 Å². The summed E-state index contributed by atoms with van der Waals surface area (Å²) in [5, 5.41) is 6.31. The predicted octanol–water partition coefficient (Wildman–Crippen LogP) is 2.94. The highest BCUT2D eigenvalue weighted by Crippen LogP contribution is 2.16. The molecule has 0 bridgehead atoms. The van der Waals surface area contributed by atoms with E-state index in [9.17, 15) is 8.42 Å². The van der Waals surface area contributed by atoms with Crippen LogP contribution in [0.1, 0.15) is 44.7 Å². The first-order valence-corrected chi connectivity index (χ1v) is 11.0. The summed E-state index contributed by atoms with van der Waals surface area (Å²) < 4.78 is 26.0. The van der Waals surface area contributed by atoms with Crippen LogP contribution in [0, 0.1) is 6.92 Å². The van der Waals surface area contributed by atoms with E-state index in [-0.39, 0.29) is 29.7 Å². The van der Waals surface area contributed by atoms with Gasteiger partial charge in [-0.1, -0.05) is 50.6 Å². The highest BCUT2D eigenvalue weighted by atomic mass is 127. The zero-order valence-electron chi connectivity index (χ0n) is 17.2. The van der Waals surface area contributed by atoms with Gasteiger partial charge in [-0.2, -0.15) is 0 Å². The standard InChI is InChI=1S/C19H34N4O2S.HI/c1-6-20-19(21-12-13-26(24,25)23(7-2)8-3)22-15-17(5)18-11-9-10-16(4)14-18;/h9-11,14,17H,6-8,12-13,15H2,1-5H3,(H2,20,21,22);1H. The van der Waals surface area contributed by atoms with Gasteiger partial charge in [0.2, 0.25) is 10.0 Å². The summed E-state index contributed by atoms with van der Waals surface area (Å²) in [7, 11) is -3.22. The van der Waals surface area contributed by atoms with Crippen LogP contribution in [-0.2, 0) is 10.0 Å². The van der Waals surface area contributed by atoms with Crippen LogP contribution in [-0.4, -0.2) is 57.2 Å². The number of nitrogens with zero attached hydrogens (tertiary/aromatic N) is 2. The topological polar surface area (TPSA) is 73.8 Å². The Hall–Kier alpha value is -0.870. The van der Waals surface area contributed by atoms with Gasteiger partial charge in [-0.25, -0.2) is 12.7 Å². The average molecular weight is 510 g/mol. The van der Waals surface area contributed by atoms with Crippen molar-refractivity contribution in [2.75, 3.05) is 38.5 Å². The zero-order chi connectivity index (χ0) is 19.6. The molecule has 6 nitrogen and oxygen atoms in total. The Morgan fingerprint density at radius 1 is 1.19 bits per heavy atom. The lowest BCUT2D eigenvalue weighted by atomic mass is 10.00. The molecule has 156 valence electrons. The largest absolute Gasteiger partial charge is 0.357 e. The van der Waals surface area contributed by atoms with Gasteiger partial charge in [0.15, 0.2) is 5.96 Å². The lowest BCUT2D eigenvalue weighted by Crippen LogP contribution is -2.42. The summed E-state index contributed by atoms with van der Waals surface area (Å²) in [5.74, 6) is 1.01. The van der Waals surface area contributed by atoms with Gasteiger partial charge in [0.05, 0.1) is 5.75 Å². The fourth-order valence-corrected chi connectivity index (χ4v) is 4.10. The zero-order valence-corrected chi connectivity index (χ0v) is 20.3. The molecule has 1 aromatic rings. The Labute approximate surface area is 182 Å². The minimum Gasteiger partial charge on any atom is -0.357 e. The molecule has 0 heterocycles. The number of nitrogens with one attached hydrogen (secondary N) is 2. The molecule has 1 unspecified atom stereocenters. The molecule has 0 aliphatic heterocycles. The molecule has 0 amide bonds. The fourth-order valence-electron chi connectivity index (χ4n) is 2.70. The van der Waals surface area contributed by atoms with Crippen LogP contribution < -0.4 is 10.6 Å². The Morgan fingerprint density at radius 3 is 2.41 bits per heavy atom. The number of benzene rings is 1. The number of aryl methyl sites for hydroxylation is 1. The Morgan fingerprint density at radius 2 is 1.85 bits per heavy atom. The molecule has 0 saturated heterocycles. The quantitative estimate of drug-likeness (QED) is 0.289. The van der Waals surface area contributed by atoms with Crippen molar-refractivity contribution in [3.8, 4) is 0 Å². The van der Waals surface area contributed by atoms with E-state index in [2.05, 4.69) is 53.7 Å². The molecule has 0 saturated carbocycles. The SMILES string of the molecule is CCNC(=NCC(C)c1cccc(C)c1)NCCS(=O)(=O)N(CC)CC.I. The predicted molar refractivity (Wildman–Crippen MR) is 126 cm³/mol. The Balaban J connectivity index is 0.00000676. The van der Waals surface area contributed by atoms with Crippen LogP contribution in [0.3, 0.4) is 0 Å². The van der Waals surface area contributed by atoms with Gasteiger partial charge in [0.25, 0.3) is 0 Å². The molecular formula is C19H35IN4O2S. The number of hydrogen-bond donors (Lipinski definition) is 2. The van der Waals surface area contributed by atoms with Gasteiger partial charge in [-0.3, -0.25) is 4.99 Å². The number of rotatable bonds is 10. The van der Waals surface area contributed by atoms with E-state index in [4.69, 9.17) is 0 Å². The van der Waals surface area contributed by atoms with Crippen LogP contribution in [0.15, 0.2) is 29.3 Å². The molecule has 0 aliphatic rings. The molecule has 2 N–H and O–H groups in total. The van der Waals surface area contributed by atoms with Crippen LogP contribution in [0.5, 0.6) is 0 Å². The third kappa shape index (κ3) is 9.25. The molecule has 0 spiro atoms. The minimum absolute atomic E-state index is 0. The van der Waals surface area contributed by atoms with Gasteiger partial charge < -0.3 is 10.6 Å². The van der Waals surface area contributed by atoms with Crippen LogP contribution in [0.25, 0.3) is 0 Å². The molecule has 0 radical (unpaired) electrons.